The van der Waals surface area contributed by atoms with Crippen LogP contribution in [0.4, 0.5) is 23.0 Å². The fraction of sp³-hybridized carbons (Fsp3) is 0.160. The molecule has 32 heavy (non-hydrogen) atoms. The van der Waals surface area contributed by atoms with Crippen molar-refractivity contribution < 1.29 is 0 Å². The van der Waals surface area contributed by atoms with Gasteiger partial charge < -0.3 is 10.2 Å². The maximum absolute atomic E-state index is 4.61. The number of pyridine rings is 1. The standard InChI is InChI=1S/C25H25N7/c1-18-6-9-22(31-30-21-10-7-19(8-11-21)17-32(2)3)15-24(18)29-25-27-14-12-23(28-25)20-5-4-13-26-16-20/h4-16H,17H2,1-3H3,(H,27,28,29). The van der Waals surface area contributed by atoms with E-state index in [0.717, 1.165) is 40.4 Å². The van der Waals surface area contributed by atoms with Gasteiger partial charge in [0.2, 0.25) is 5.95 Å². The highest BCUT2D eigenvalue weighted by atomic mass is 15.1. The Labute approximate surface area is 187 Å². The summed E-state index contributed by atoms with van der Waals surface area (Å²) in [6, 6.07) is 19.7. The molecule has 1 N–H and O–H groups in total. The van der Waals surface area contributed by atoms with Crippen molar-refractivity contribution in [3.63, 3.8) is 0 Å². The highest BCUT2D eigenvalue weighted by Gasteiger charge is 2.06. The van der Waals surface area contributed by atoms with Gasteiger partial charge in [-0.2, -0.15) is 10.2 Å². The van der Waals surface area contributed by atoms with Crippen molar-refractivity contribution in [2.24, 2.45) is 10.2 Å². The number of rotatable bonds is 7. The van der Waals surface area contributed by atoms with E-state index in [4.69, 9.17) is 0 Å². The zero-order valence-electron chi connectivity index (χ0n) is 18.4. The molecule has 0 amide bonds. The van der Waals surface area contributed by atoms with Crippen LogP contribution in [0.2, 0.25) is 0 Å². The average molecular weight is 424 g/mol. The first kappa shape index (κ1) is 21.3. The molecule has 7 nitrogen and oxygen atoms in total. The molecule has 4 aromatic rings. The van der Waals surface area contributed by atoms with Crippen molar-refractivity contribution >= 4 is 23.0 Å². The SMILES string of the molecule is Cc1ccc(N=Nc2ccc(CN(C)C)cc2)cc1Nc1nccc(-c2cccnc2)n1. The second kappa shape index (κ2) is 9.89. The number of aryl methyl sites for hydroxylation is 1. The lowest BCUT2D eigenvalue weighted by atomic mass is 10.2. The van der Waals surface area contributed by atoms with Crippen molar-refractivity contribution in [3.8, 4) is 11.3 Å². The van der Waals surface area contributed by atoms with Crippen LogP contribution in [0.5, 0.6) is 0 Å². The van der Waals surface area contributed by atoms with E-state index in [1.54, 1.807) is 18.6 Å². The van der Waals surface area contributed by atoms with Crippen LogP contribution in [0.15, 0.2) is 89.5 Å². The summed E-state index contributed by atoms with van der Waals surface area (Å²) in [5.74, 6) is 0.514. The summed E-state index contributed by atoms with van der Waals surface area (Å²) in [6.07, 6.45) is 5.26. The van der Waals surface area contributed by atoms with Crippen molar-refractivity contribution in [3.05, 3.63) is 90.4 Å². The summed E-state index contributed by atoms with van der Waals surface area (Å²) < 4.78 is 0. The fourth-order valence-electron chi connectivity index (χ4n) is 3.17. The molecule has 0 radical (unpaired) electrons. The van der Waals surface area contributed by atoms with Gasteiger partial charge in [0, 0.05) is 36.4 Å². The van der Waals surface area contributed by atoms with Gasteiger partial charge in [0.05, 0.1) is 17.1 Å². The number of aromatic nitrogens is 3. The van der Waals surface area contributed by atoms with E-state index >= 15 is 0 Å². The van der Waals surface area contributed by atoms with Crippen LogP contribution in [0.1, 0.15) is 11.1 Å². The molecule has 160 valence electrons. The second-order valence-corrected chi connectivity index (χ2v) is 7.74. The Morgan fingerprint density at radius 1 is 0.906 bits per heavy atom. The van der Waals surface area contributed by atoms with E-state index in [1.807, 2.05) is 55.5 Å². The van der Waals surface area contributed by atoms with Gasteiger partial charge in [0.15, 0.2) is 0 Å². The summed E-state index contributed by atoms with van der Waals surface area (Å²) in [5, 5.41) is 12.1. The lowest BCUT2D eigenvalue weighted by Gasteiger charge is -2.10. The molecular weight excluding hydrogens is 398 g/mol. The van der Waals surface area contributed by atoms with Gasteiger partial charge in [-0.1, -0.05) is 18.2 Å². The molecule has 0 aliphatic carbocycles. The summed E-state index contributed by atoms with van der Waals surface area (Å²) in [6.45, 7) is 2.92. The Bertz CT molecular complexity index is 1200. The van der Waals surface area contributed by atoms with E-state index in [1.165, 1.54) is 5.56 Å². The van der Waals surface area contributed by atoms with E-state index in [9.17, 15) is 0 Å². The quantitative estimate of drug-likeness (QED) is 0.365. The third-order valence-electron chi connectivity index (χ3n) is 4.80. The smallest absolute Gasteiger partial charge is 0.227 e. The molecule has 0 saturated carbocycles. The molecule has 4 rings (SSSR count). The molecule has 2 aromatic heterocycles. The molecule has 2 heterocycles. The van der Waals surface area contributed by atoms with Gasteiger partial charge in [-0.15, -0.1) is 0 Å². The highest BCUT2D eigenvalue weighted by molar-refractivity contribution is 5.65. The normalized spacial score (nSPS) is 11.2. The summed E-state index contributed by atoms with van der Waals surface area (Å²) in [4.78, 5) is 15.3. The van der Waals surface area contributed by atoms with Crippen LogP contribution >= 0.6 is 0 Å². The molecule has 0 saturated heterocycles. The van der Waals surface area contributed by atoms with Crippen LogP contribution in [-0.2, 0) is 6.54 Å². The number of benzene rings is 2. The molecule has 0 aliphatic rings. The summed E-state index contributed by atoms with van der Waals surface area (Å²) >= 11 is 0. The minimum absolute atomic E-state index is 0.514. The number of hydrogen-bond acceptors (Lipinski definition) is 7. The van der Waals surface area contributed by atoms with Crippen molar-refractivity contribution in [2.75, 3.05) is 19.4 Å². The molecule has 0 bridgehead atoms. The van der Waals surface area contributed by atoms with Gasteiger partial charge in [-0.3, -0.25) is 4.98 Å². The highest BCUT2D eigenvalue weighted by Crippen LogP contribution is 2.27. The second-order valence-electron chi connectivity index (χ2n) is 7.74. The lowest BCUT2D eigenvalue weighted by Crippen LogP contribution is -2.10. The minimum atomic E-state index is 0.514. The van der Waals surface area contributed by atoms with E-state index in [2.05, 4.69) is 61.6 Å². The third-order valence-corrected chi connectivity index (χ3v) is 4.80. The van der Waals surface area contributed by atoms with E-state index < -0.39 is 0 Å². The van der Waals surface area contributed by atoms with Gasteiger partial charge in [0.1, 0.15) is 0 Å². The Hall–Kier alpha value is -3.97. The van der Waals surface area contributed by atoms with Gasteiger partial charge in [0.25, 0.3) is 0 Å². The Balaban J connectivity index is 1.50. The zero-order chi connectivity index (χ0) is 22.3. The van der Waals surface area contributed by atoms with E-state index in [-0.39, 0.29) is 0 Å². The predicted molar refractivity (Wildman–Crippen MR) is 128 cm³/mol. The lowest BCUT2D eigenvalue weighted by molar-refractivity contribution is 0.402. The van der Waals surface area contributed by atoms with Crippen LogP contribution in [0.25, 0.3) is 11.3 Å². The number of nitrogens with one attached hydrogen (secondary N) is 1. The van der Waals surface area contributed by atoms with E-state index in [0.29, 0.717) is 5.95 Å². The zero-order valence-corrected chi connectivity index (χ0v) is 18.4. The molecule has 0 aliphatic heterocycles. The largest absolute Gasteiger partial charge is 0.324 e. The Morgan fingerprint density at radius 3 is 2.44 bits per heavy atom. The molecule has 2 aromatic carbocycles. The van der Waals surface area contributed by atoms with Crippen LogP contribution in [0, 0.1) is 6.92 Å². The van der Waals surface area contributed by atoms with Crippen molar-refractivity contribution in [1.82, 2.24) is 19.9 Å². The summed E-state index contributed by atoms with van der Waals surface area (Å²) in [5.41, 5.74) is 6.49. The maximum atomic E-state index is 4.61. The van der Waals surface area contributed by atoms with Gasteiger partial charge in [-0.25, -0.2) is 9.97 Å². The van der Waals surface area contributed by atoms with Crippen LogP contribution in [-0.4, -0.2) is 33.9 Å². The number of hydrogen-bond donors (Lipinski definition) is 1. The molecule has 0 fully saturated rings. The van der Waals surface area contributed by atoms with Gasteiger partial charge >= 0.3 is 0 Å². The average Bonchev–Trinajstić information content (AvgIpc) is 2.81. The predicted octanol–water partition coefficient (Wildman–Crippen LogP) is 6.07. The third kappa shape index (κ3) is 5.59. The first-order valence-electron chi connectivity index (χ1n) is 10.3. The van der Waals surface area contributed by atoms with Crippen molar-refractivity contribution in [1.29, 1.82) is 0 Å². The minimum Gasteiger partial charge on any atom is -0.324 e. The molecule has 0 atom stereocenters. The monoisotopic (exact) mass is 423 g/mol. The topological polar surface area (TPSA) is 78.7 Å². The molecule has 0 spiro atoms. The fourth-order valence-corrected chi connectivity index (χ4v) is 3.17. The van der Waals surface area contributed by atoms with Crippen LogP contribution < -0.4 is 5.32 Å². The molecular formula is C25H25N7. The first-order valence-corrected chi connectivity index (χ1v) is 10.3. The van der Waals surface area contributed by atoms with Gasteiger partial charge in [-0.05, 0) is 74.6 Å². The van der Waals surface area contributed by atoms with Crippen LogP contribution in [0.3, 0.4) is 0 Å². The maximum Gasteiger partial charge on any atom is 0.227 e. The van der Waals surface area contributed by atoms with Crippen molar-refractivity contribution in [2.45, 2.75) is 13.5 Å². The molecule has 0 unspecified atom stereocenters. The number of anilines is 2. The molecule has 7 heteroatoms. The first-order chi connectivity index (χ1) is 15.6. The Kier molecular flexibility index (Phi) is 6.57. The summed E-state index contributed by atoms with van der Waals surface area (Å²) in [7, 11) is 4.10. The number of nitrogens with zero attached hydrogens (tertiary/aromatic N) is 6. The number of azo groups is 1. The Morgan fingerprint density at radius 2 is 1.69 bits per heavy atom.